The standard InChI is InChI=1S/C30H31F2N3O2/c1-19-14-26(37-2)23(22-10-12-33-28(19)22)16-35-13-11-29(17-30(31,32)18-29)15-25(35)21-8-6-20(7-9-21)24-4-3-5-27(36)34-24/h3-10,12,14,25,33H,11,13,15-18H2,1-2H3,(H,34,36). The van der Waals surface area contributed by atoms with E-state index in [1.54, 1.807) is 13.2 Å². The van der Waals surface area contributed by atoms with Gasteiger partial charge < -0.3 is 14.7 Å². The van der Waals surface area contributed by atoms with E-state index in [0.29, 0.717) is 13.0 Å². The van der Waals surface area contributed by atoms with Crippen LogP contribution in [-0.2, 0) is 6.54 Å². The minimum atomic E-state index is -2.55. The molecule has 1 unspecified atom stereocenters. The van der Waals surface area contributed by atoms with E-state index in [9.17, 15) is 13.6 Å². The summed E-state index contributed by atoms with van der Waals surface area (Å²) in [6.45, 7) is 3.48. The number of likely N-dealkylation sites (tertiary alicyclic amines) is 1. The van der Waals surface area contributed by atoms with Crippen molar-refractivity contribution in [3.05, 3.63) is 87.8 Å². The topological polar surface area (TPSA) is 61.1 Å². The van der Waals surface area contributed by atoms with E-state index in [1.807, 2.05) is 24.4 Å². The molecule has 1 spiro atoms. The Morgan fingerprint density at radius 3 is 2.59 bits per heavy atom. The van der Waals surface area contributed by atoms with Crippen LogP contribution in [0.1, 0.15) is 48.4 Å². The van der Waals surface area contributed by atoms with Crippen molar-refractivity contribution in [1.29, 1.82) is 0 Å². The van der Waals surface area contributed by atoms with Gasteiger partial charge in [-0.15, -0.1) is 0 Å². The summed E-state index contributed by atoms with van der Waals surface area (Å²) in [6.07, 6.45) is 3.38. The Labute approximate surface area is 214 Å². The molecule has 5 nitrogen and oxygen atoms in total. The number of fused-ring (bicyclic) bond motifs is 1. The van der Waals surface area contributed by atoms with Gasteiger partial charge in [-0.1, -0.05) is 30.3 Å². The number of ether oxygens (including phenoxy) is 1. The van der Waals surface area contributed by atoms with Crippen LogP contribution in [0.4, 0.5) is 8.78 Å². The minimum Gasteiger partial charge on any atom is -0.496 e. The molecule has 2 aromatic carbocycles. The summed E-state index contributed by atoms with van der Waals surface area (Å²) >= 11 is 0. The highest BCUT2D eigenvalue weighted by atomic mass is 19.3. The Hall–Kier alpha value is -3.45. The molecule has 3 heterocycles. The summed E-state index contributed by atoms with van der Waals surface area (Å²) in [6, 6.07) is 17.4. The van der Waals surface area contributed by atoms with Crippen LogP contribution in [0.25, 0.3) is 22.2 Å². The minimum absolute atomic E-state index is 0.00808. The van der Waals surface area contributed by atoms with Gasteiger partial charge >= 0.3 is 0 Å². The maximum absolute atomic E-state index is 14.0. The molecule has 4 aromatic rings. The van der Waals surface area contributed by atoms with Crippen LogP contribution in [0, 0.1) is 12.3 Å². The number of rotatable bonds is 5. The Morgan fingerprint density at radius 2 is 1.89 bits per heavy atom. The molecule has 2 aromatic heterocycles. The van der Waals surface area contributed by atoms with Crippen LogP contribution in [-0.4, -0.2) is 34.4 Å². The molecule has 0 amide bonds. The summed E-state index contributed by atoms with van der Waals surface area (Å²) in [5, 5.41) is 1.13. The first kappa shape index (κ1) is 23.9. The lowest BCUT2D eigenvalue weighted by atomic mass is 9.59. The lowest BCUT2D eigenvalue weighted by molar-refractivity contribution is -0.186. The predicted molar refractivity (Wildman–Crippen MR) is 141 cm³/mol. The van der Waals surface area contributed by atoms with Gasteiger partial charge in [0.1, 0.15) is 5.75 Å². The van der Waals surface area contributed by atoms with Crippen molar-refractivity contribution < 1.29 is 13.5 Å². The monoisotopic (exact) mass is 503 g/mol. The largest absolute Gasteiger partial charge is 0.496 e. The van der Waals surface area contributed by atoms with Gasteiger partial charge in [0.25, 0.3) is 0 Å². The van der Waals surface area contributed by atoms with E-state index in [4.69, 9.17) is 4.74 Å². The average Bonchev–Trinajstić information content (AvgIpc) is 3.36. The number of nitrogens with one attached hydrogen (secondary N) is 2. The first-order valence-corrected chi connectivity index (χ1v) is 12.8. The van der Waals surface area contributed by atoms with E-state index in [-0.39, 0.29) is 29.9 Å². The summed E-state index contributed by atoms with van der Waals surface area (Å²) in [4.78, 5) is 20.4. The van der Waals surface area contributed by atoms with Gasteiger partial charge in [-0.05, 0) is 66.6 Å². The van der Waals surface area contributed by atoms with Crippen LogP contribution in [0.15, 0.2) is 65.6 Å². The number of aromatic nitrogens is 2. The third-order valence-electron chi connectivity index (χ3n) is 8.33. The Kier molecular flexibility index (Phi) is 5.71. The van der Waals surface area contributed by atoms with Gasteiger partial charge in [-0.3, -0.25) is 9.69 Å². The molecule has 1 saturated heterocycles. The molecule has 2 N–H and O–H groups in total. The number of methoxy groups -OCH3 is 1. The Morgan fingerprint density at radius 1 is 1.11 bits per heavy atom. The second-order valence-corrected chi connectivity index (χ2v) is 10.8. The van der Waals surface area contributed by atoms with E-state index in [0.717, 1.165) is 57.6 Å². The third kappa shape index (κ3) is 4.35. The zero-order chi connectivity index (χ0) is 25.8. The Balaban J connectivity index is 1.35. The molecule has 1 atom stereocenters. The summed E-state index contributed by atoms with van der Waals surface area (Å²) in [5.41, 5.74) is 5.67. The van der Waals surface area contributed by atoms with Crippen molar-refractivity contribution >= 4 is 10.9 Å². The number of nitrogens with zero attached hydrogens (tertiary/aromatic N) is 1. The maximum Gasteiger partial charge on any atom is 0.249 e. The van der Waals surface area contributed by atoms with Crippen LogP contribution in [0.2, 0.25) is 0 Å². The fraction of sp³-hybridized carbons (Fsp3) is 0.367. The zero-order valence-electron chi connectivity index (χ0n) is 21.1. The number of H-pyrrole nitrogens is 2. The van der Waals surface area contributed by atoms with Crippen LogP contribution in [0.5, 0.6) is 5.75 Å². The normalized spacial score (nSPS) is 20.7. The van der Waals surface area contributed by atoms with Crippen molar-refractivity contribution in [1.82, 2.24) is 14.9 Å². The lowest BCUT2D eigenvalue weighted by Gasteiger charge is -2.54. The van der Waals surface area contributed by atoms with E-state index < -0.39 is 5.92 Å². The highest BCUT2D eigenvalue weighted by Crippen LogP contribution is 2.60. The van der Waals surface area contributed by atoms with Gasteiger partial charge in [-0.2, -0.15) is 0 Å². The van der Waals surface area contributed by atoms with Crippen molar-refractivity contribution in [2.45, 2.75) is 51.1 Å². The smallest absolute Gasteiger partial charge is 0.249 e. The molecule has 192 valence electrons. The summed E-state index contributed by atoms with van der Waals surface area (Å²) in [7, 11) is 1.70. The lowest BCUT2D eigenvalue weighted by Crippen LogP contribution is -2.53. The molecule has 1 aliphatic heterocycles. The van der Waals surface area contributed by atoms with Crippen molar-refractivity contribution in [3.63, 3.8) is 0 Å². The highest BCUT2D eigenvalue weighted by molar-refractivity contribution is 5.88. The van der Waals surface area contributed by atoms with Crippen molar-refractivity contribution in [2.24, 2.45) is 5.41 Å². The summed E-state index contributed by atoms with van der Waals surface area (Å²) < 4.78 is 33.8. The highest BCUT2D eigenvalue weighted by Gasteiger charge is 2.58. The average molecular weight is 504 g/mol. The second kappa shape index (κ2) is 8.84. The first-order valence-electron chi connectivity index (χ1n) is 12.8. The number of benzene rings is 2. The number of alkyl halides is 2. The number of hydrogen-bond donors (Lipinski definition) is 2. The van der Waals surface area contributed by atoms with Crippen LogP contribution in [0.3, 0.4) is 0 Å². The molecular weight excluding hydrogens is 472 g/mol. The van der Waals surface area contributed by atoms with Gasteiger partial charge in [-0.25, -0.2) is 8.78 Å². The zero-order valence-corrected chi connectivity index (χ0v) is 21.1. The Bertz CT molecular complexity index is 1500. The molecule has 0 bridgehead atoms. The fourth-order valence-electron chi connectivity index (χ4n) is 6.55. The van der Waals surface area contributed by atoms with Gasteiger partial charge in [0, 0.05) is 59.9 Å². The molecule has 7 heteroatoms. The molecule has 1 aliphatic carbocycles. The third-order valence-corrected chi connectivity index (χ3v) is 8.33. The van der Waals surface area contributed by atoms with Crippen LogP contribution >= 0.6 is 0 Å². The van der Waals surface area contributed by atoms with Gasteiger partial charge in [0.05, 0.1) is 7.11 Å². The molecule has 6 rings (SSSR count). The number of hydrogen-bond acceptors (Lipinski definition) is 3. The fourth-order valence-corrected chi connectivity index (χ4v) is 6.55. The van der Waals surface area contributed by atoms with E-state index in [2.05, 4.69) is 46.1 Å². The molecule has 2 fully saturated rings. The van der Waals surface area contributed by atoms with E-state index in [1.165, 1.54) is 6.07 Å². The van der Waals surface area contributed by atoms with E-state index >= 15 is 0 Å². The molecule has 0 radical (unpaired) electrons. The predicted octanol–water partition coefficient (Wildman–Crippen LogP) is 6.59. The quantitative estimate of drug-likeness (QED) is 0.323. The maximum atomic E-state index is 14.0. The van der Waals surface area contributed by atoms with Crippen molar-refractivity contribution in [3.8, 4) is 17.0 Å². The molecular formula is C30H31F2N3O2. The number of piperidine rings is 1. The molecule has 1 saturated carbocycles. The first-order chi connectivity index (χ1) is 17.8. The second-order valence-electron chi connectivity index (χ2n) is 10.8. The van der Waals surface area contributed by atoms with Gasteiger partial charge in [0.15, 0.2) is 0 Å². The van der Waals surface area contributed by atoms with Gasteiger partial charge in [0.2, 0.25) is 11.5 Å². The number of aromatic amines is 2. The number of pyridine rings is 1. The van der Waals surface area contributed by atoms with Crippen molar-refractivity contribution in [2.75, 3.05) is 13.7 Å². The number of halogens is 2. The molecule has 37 heavy (non-hydrogen) atoms. The van der Waals surface area contributed by atoms with Crippen LogP contribution < -0.4 is 10.3 Å². The summed E-state index contributed by atoms with van der Waals surface area (Å²) in [5.74, 6) is -1.70. The number of aryl methyl sites for hydroxylation is 1. The molecule has 2 aliphatic rings. The SMILES string of the molecule is COc1cc(C)c2[nH]ccc2c1CN1CCC2(CC1c1ccc(-c3cccc(=O)[nH]3)cc1)CC(F)(F)C2.